The number of fused-ring (bicyclic) bond motifs is 1. The summed E-state index contributed by atoms with van der Waals surface area (Å²) in [6.45, 7) is 2.71. The number of hydrogen-bond acceptors (Lipinski definition) is 6. The molecule has 6 nitrogen and oxygen atoms in total. The summed E-state index contributed by atoms with van der Waals surface area (Å²) in [5.74, 6) is 0.516. The Morgan fingerprint density at radius 3 is 2.53 bits per heavy atom. The molecule has 0 saturated carbocycles. The van der Waals surface area contributed by atoms with Crippen molar-refractivity contribution in [1.82, 2.24) is 0 Å². The van der Waals surface area contributed by atoms with E-state index in [2.05, 4.69) is 5.32 Å². The molecule has 3 aromatic rings. The smallest absolute Gasteiger partial charge is 0.341 e. The lowest BCUT2D eigenvalue weighted by molar-refractivity contribution is 0.0527. The average Bonchev–Trinajstić information content (AvgIpc) is 3.38. The molecule has 0 aliphatic heterocycles. The molecule has 1 heterocycles. The summed E-state index contributed by atoms with van der Waals surface area (Å²) in [5, 5.41) is 3.46. The van der Waals surface area contributed by atoms with Gasteiger partial charge in [-0.05, 0) is 56.0 Å². The molecule has 0 unspecified atom stereocenters. The van der Waals surface area contributed by atoms with Crippen molar-refractivity contribution in [2.45, 2.75) is 26.2 Å². The van der Waals surface area contributed by atoms with Gasteiger partial charge in [0.05, 0.1) is 17.7 Å². The number of rotatable bonds is 9. The van der Waals surface area contributed by atoms with Crippen molar-refractivity contribution in [2.75, 3.05) is 25.1 Å². The normalized spacial score (nSPS) is 12.2. The van der Waals surface area contributed by atoms with Crippen molar-refractivity contribution in [2.24, 2.45) is 0 Å². The first kappa shape index (κ1) is 21.9. The molecule has 7 heteroatoms. The summed E-state index contributed by atoms with van der Waals surface area (Å²) >= 11 is 1.46. The minimum Gasteiger partial charge on any atom is -0.490 e. The van der Waals surface area contributed by atoms with Crippen LogP contribution in [0.2, 0.25) is 0 Å². The molecule has 166 valence electrons. The second-order valence-electron chi connectivity index (χ2n) is 7.24. The van der Waals surface area contributed by atoms with Gasteiger partial charge in [-0.15, -0.1) is 11.3 Å². The number of ether oxygens (including phenoxy) is 3. The molecule has 4 rings (SSSR count). The predicted molar refractivity (Wildman–Crippen MR) is 124 cm³/mol. The molecule has 0 saturated heterocycles. The Bertz CT molecular complexity index is 1090. The molecule has 1 amide bonds. The summed E-state index contributed by atoms with van der Waals surface area (Å²) in [7, 11) is 0. The van der Waals surface area contributed by atoms with Gasteiger partial charge in [-0.2, -0.15) is 0 Å². The van der Waals surface area contributed by atoms with E-state index in [4.69, 9.17) is 14.2 Å². The number of anilines is 1. The number of aryl methyl sites for hydroxylation is 1. The standard InChI is InChI=1S/C25H25NO5S/c1-2-29-25(28)22-19-12-8-14-21(19)32-24(22)26-23(27)18-11-6-7-13-20(18)31-16-15-30-17-9-4-3-5-10-17/h3-7,9-11,13H,2,8,12,14-16H2,1H3,(H,26,27). The molecular weight excluding hydrogens is 426 g/mol. The van der Waals surface area contributed by atoms with Gasteiger partial charge in [0.15, 0.2) is 0 Å². The number of para-hydroxylation sites is 2. The van der Waals surface area contributed by atoms with Crippen LogP contribution in [0.15, 0.2) is 54.6 Å². The second kappa shape index (κ2) is 10.3. The molecule has 1 aliphatic carbocycles. The summed E-state index contributed by atoms with van der Waals surface area (Å²) in [4.78, 5) is 26.8. The number of thiophene rings is 1. The highest BCUT2D eigenvalue weighted by molar-refractivity contribution is 7.17. The van der Waals surface area contributed by atoms with E-state index in [-0.39, 0.29) is 11.9 Å². The van der Waals surface area contributed by atoms with E-state index >= 15 is 0 Å². The summed E-state index contributed by atoms with van der Waals surface area (Å²) < 4.78 is 16.7. The molecular formula is C25H25NO5S. The third-order valence-electron chi connectivity index (χ3n) is 5.11. The maximum Gasteiger partial charge on any atom is 0.341 e. The summed E-state index contributed by atoms with van der Waals surface area (Å²) in [6, 6.07) is 16.5. The Hall–Kier alpha value is -3.32. The van der Waals surface area contributed by atoms with Crippen molar-refractivity contribution in [3.05, 3.63) is 76.2 Å². The lowest BCUT2D eigenvalue weighted by atomic mass is 10.1. The molecule has 0 spiro atoms. The Morgan fingerprint density at radius 2 is 1.72 bits per heavy atom. The van der Waals surface area contributed by atoms with Gasteiger partial charge >= 0.3 is 5.97 Å². The van der Waals surface area contributed by atoms with Crippen LogP contribution in [0.25, 0.3) is 0 Å². The maximum atomic E-state index is 13.1. The van der Waals surface area contributed by atoms with Gasteiger partial charge in [0.2, 0.25) is 0 Å². The van der Waals surface area contributed by atoms with E-state index in [1.807, 2.05) is 36.4 Å². The fraction of sp³-hybridized carbons (Fsp3) is 0.280. The van der Waals surface area contributed by atoms with E-state index in [9.17, 15) is 9.59 Å². The van der Waals surface area contributed by atoms with Crippen LogP contribution in [0.5, 0.6) is 11.5 Å². The quantitative estimate of drug-likeness (QED) is 0.361. The van der Waals surface area contributed by atoms with E-state index in [1.54, 1.807) is 25.1 Å². The molecule has 0 atom stereocenters. The summed E-state index contributed by atoms with van der Waals surface area (Å²) in [6.07, 6.45) is 2.77. The van der Waals surface area contributed by atoms with Gasteiger partial charge < -0.3 is 19.5 Å². The molecule has 0 bridgehead atoms. The maximum absolute atomic E-state index is 13.1. The first-order valence-corrected chi connectivity index (χ1v) is 11.5. The first-order valence-electron chi connectivity index (χ1n) is 10.7. The van der Waals surface area contributed by atoms with Crippen molar-refractivity contribution < 1.29 is 23.8 Å². The average molecular weight is 452 g/mol. The molecule has 1 N–H and O–H groups in total. The minimum atomic E-state index is -0.384. The van der Waals surface area contributed by atoms with Crippen molar-refractivity contribution >= 4 is 28.2 Å². The number of carbonyl (C=O) groups is 2. The molecule has 32 heavy (non-hydrogen) atoms. The predicted octanol–water partition coefficient (Wildman–Crippen LogP) is 5.12. The Labute approximate surface area is 191 Å². The zero-order valence-electron chi connectivity index (χ0n) is 17.9. The molecule has 0 fully saturated rings. The van der Waals surface area contributed by atoms with Crippen LogP contribution in [0, 0.1) is 0 Å². The first-order chi connectivity index (χ1) is 15.7. The zero-order valence-corrected chi connectivity index (χ0v) is 18.7. The number of benzene rings is 2. The van der Waals surface area contributed by atoms with Crippen LogP contribution in [0.4, 0.5) is 5.00 Å². The Kier molecular flexibility index (Phi) is 7.07. The van der Waals surface area contributed by atoms with Crippen LogP contribution in [-0.4, -0.2) is 31.7 Å². The van der Waals surface area contributed by atoms with Crippen LogP contribution in [0.3, 0.4) is 0 Å². The van der Waals surface area contributed by atoms with E-state index < -0.39 is 0 Å². The lowest BCUT2D eigenvalue weighted by Gasteiger charge is -2.13. The third-order valence-corrected chi connectivity index (χ3v) is 6.32. The van der Waals surface area contributed by atoms with Crippen LogP contribution < -0.4 is 14.8 Å². The van der Waals surface area contributed by atoms with Gasteiger partial charge in [0.1, 0.15) is 29.7 Å². The van der Waals surface area contributed by atoms with Gasteiger partial charge in [-0.3, -0.25) is 4.79 Å². The number of hydrogen-bond donors (Lipinski definition) is 1. The van der Waals surface area contributed by atoms with Crippen LogP contribution >= 0.6 is 11.3 Å². The van der Waals surface area contributed by atoms with E-state index in [0.29, 0.717) is 41.7 Å². The monoisotopic (exact) mass is 451 g/mol. The van der Waals surface area contributed by atoms with Crippen molar-refractivity contribution in [1.29, 1.82) is 0 Å². The van der Waals surface area contributed by atoms with Gasteiger partial charge in [-0.1, -0.05) is 30.3 Å². The van der Waals surface area contributed by atoms with Gasteiger partial charge in [-0.25, -0.2) is 4.79 Å². The van der Waals surface area contributed by atoms with Crippen LogP contribution in [-0.2, 0) is 17.6 Å². The topological polar surface area (TPSA) is 73.9 Å². The van der Waals surface area contributed by atoms with E-state index in [1.165, 1.54) is 11.3 Å². The minimum absolute atomic E-state index is 0.290. The number of esters is 1. The summed E-state index contributed by atoms with van der Waals surface area (Å²) in [5.41, 5.74) is 1.90. The van der Waals surface area contributed by atoms with Crippen LogP contribution in [0.1, 0.15) is 44.5 Å². The molecule has 1 aromatic heterocycles. The van der Waals surface area contributed by atoms with Crippen molar-refractivity contribution in [3.8, 4) is 11.5 Å². The molecule has 1 aliphatic rings. The molecule has 2 aromatic carbocycles. The largest absolute Gasteiger partial charge is 0.490 e. The number of carbonyl (C=O) groups excluding carboxylic acids is 2. The van der Waals surface area contributed by atoms with Gasteiger partial charge in [0.25, 0.3) is 5.91 Å². The van der Waals surface area contributed by atoms with Gasteiger partial charge in [0, 0.05) is 4.88 Å². The highest BCUT2D eigenvalue weighted by Crippen LogP contribution is 2.40. The molecule has 0 radical (unpaired) electrons. The lowest BCUT2D eigenvalue weighted by Crippen LogP contribution is -2.17. The SMILES string of the molecule is CCOC(=O)c1c(NC(=O)c2ccccc2OCCOc2ccccc2)sc2c1CCC2. The van der Waals surface area contributed by atoms with Crippen molar-refractivity contribution in [3.63, 3.8) is 0 Å². The third kappa shape index (κ3) is 4.94. The fourth-order valence-electron chi connectivity index (χ4n) is 3.69. The number of amides is 1. The fourth-order valence-corrected chi connectivity index (χ4v) is 4.96. The van der Waals surface area contributed by atoms with E-state index in [0.717, 1.165) is 35.5 Å². The second-order valence-corrected chi connectivity index (χ2v) is 8.35. The zero-order chi connectivity index (χ0) is 22.3. The highest BCUT2D eigenvalue weighted by atomic mass is 32.1. The highest BCUT2D eigenvalue weighted by Gasteiger charge is 2.28. The Balaban J connectivity index is 1.45. The number of nitrogens with one attached hydrogen (secondary N) is 1. The Morgan fingerprint density at radius 1 is 0.969 bits per heavy atom.